The van der Waals surface area contributed by atoms with E-state index in [2.05, 4.69) is 25.6 Å². The summed E-state index contributed by atoms with van der Waals surface area (Å²) in [6.45, 7) is 7.95. The van der Waals surface area contributed by atoms with Gasteiger partial charge in [-0.3, -0.25) is 4.21 Å². The van der Waals surface area contributed by atoms with Gasteiger partial charge in [0, 0.05) is 18.3 Å². The van der Waals surface area contributed by atoms with Crippen molar-refractivity contribution in [1.82, 2.24) is 15.0 Å². The van der Waals surface area contributed by atoms with Crippen molar-refractivity contribution in [3.8, 4) is 0 Å². The average molecular weight is 257 g/mol. The van der Waals surface area contributed by atoms with Crippen LogP contribution in [0.2, 0.25) is 0 Å². The molecule has 1 rings (SSSR count). The molecule has 0 aliphatic rings. The summed E-state index contributed by atoms with van der Waals surface area (Å²) in [6.07, 6.45) is 1.55. The van der Waals surface area contributed by atoms with E-state index in [0.29, 0.717) is 11.9 Å². The SMILES string of the molecule is CC(C)Nc1nc(NC(C)C)nc(S(C)=O)n1. The molecule has 0 amide bonds. The monoisotopic (exact) mass is 257 g/mol. The topological polar surface area (TPSA) is 79.8 Å². The second-order valence-electron chi connectivity index (χ2n) is 4.32. The molecule has 7 heteroatoms. The van der Waals surface area contributed by atoms with Gasteiger partial charge in [0.2, 0.25) is 17.1 Å². The molecule has 1 aromatic rings. The Morgan fingerprint density at radius 1 is 0.941 bits per heavy atom. The lowest BCUT2D eigenvalue weighted by atomic mass is 10.4. The number of nitrogens with one attached hydrogen (secondary N) is 2. The third-order valence-corrected chi connectivity index (χ3v) is 2.40. The first-order valence-corrected chi connectivity index (χ1v) is 7.07. The molecule has 0 aliphatic heterocycles. The van der Waals surface area contributed by atoms with Gasteiger partial charge >= 0.3 is 0 Å². The first-order valence-electron chi connectivity index (χ1n) is 5.51. The van der Waals surface area contributed by atoms with Gasteiger partial charge in [0.15, 0.2) is 0 Å². The summed E-state index contributed by atoms with van der Waals surface area (Å²) in [6, 6.07) is 0.421. The van der Waals surface area contributed by atoms with Crippen molar-refractivity contribution in [3.63, 3.8) is 0 Å². The number of hydrogen-bond donors (Lipinski definition) is 2. The zero-order chi connectivity index (χ0) is 13.0. The van der Waals surface area contributed by atoms with Gasteiger partial charge in [-0.1, -0.05) is 0 Å². The van der Waals surface area contributed by atoms with E-state index in [-0.39, 0.29) is 17.2 Å². The standard InChI is InChI=1S/C10H19N5OS/c1-6(2)11-8-13-9(12-7(3)4)15-10(14-8)17(5)16/h6-7H,1-5H3,(H2,11,12,13,14,15). The number of anilines is 2. The van der Waals surface area contributed by atoms with Crippen LogP contribution in [-0.2, 0) is 10.8 Å². The highest BCUT2D eigenvalue weighted by molar-refractivity contribution is 7.84. The van der Waals surface area contributed by atoms with Crippen LogP contribution in [0.5, 0.6) is 0 Å². The molecule has 0 saturated carbocycles. The summed E-state index contributed by atoms with van der Waals surface area (Å²) in [7, 11) is -1.22. The highest BCUT2D eigenvalue weighted by Gasteiger charge is 2.10. The van der Waals surface area contributed by atoms with E-state index in [1.165, 1.54) is 0 Å². The van der Waals surface area contributed by atoms with Crippen molar-refractivity contribution in [1.29, 1.82) is 0 Å². The van der Waals surface area contributed by atoms with E-state index in [1.54, 1.807) is 6.26 Å². The zero-order valence-corrected chi connectivity index (χ0v) is 11.6. The van der Waals surface area contributed by atoms with E-state index in [4.69, 9.17) is 0 Å². The minimum atomic E-state index is -1.22. The molecule has 1 heterocycles. The quantitative estimate of drug-likeness (QED) is 0.826. The van der Waals surface area contributed by atoms with Crippen LogP contribution in [0.1, 0.15) is 27.7 Å². The number of nitrogens with zero attached hydrogens (tertiary/aromatic N) is 3. The second-order valence-corrected chi connectivity index (χ2v) is 5.59. The molecule has 1 aromatic heterocycles. The van der Waals surface area contributed by atoms with Crippen LogP contribution in [0, 0.1) is 0 Å². The summed E-state index contributed by atoms with van der Waals surface area (Å²) in [4.78, 5) is 12.4. The normalized spacial score (nSPS) is 12.9. The Morgan fingerprint density at radius 2 is 1.35 bits per heavy atom. The molecule has 0 radical (unpaired) electrons. The van der Waals surface area contributed by atoms with Gasteiger partial charge in [-0.2, -0.15) is 15.0 Å². The summed E-state index contributed by atoms with van der Waals surface area (Å²) in [5.74, 6) is 0.895. The van der Waals surface area contributed by atoms with Gasteiger partial charge in [0.1, 0.15) is 0 Å². The summed E-state index contributed by atoms with van der Waals surface area (Å²) >= 11 is 0. The first-order chi connectivity index (χ1) is 7.88. The minimum absolute atomic E-state index is 0.211. The Hall–Kier alpha value is -1.24. The summed E-state index contributed by atoms with van der Waals surface area (Å²) in [5, 5.41) is 6.44. The number of hydrogen-bond acceptors (Lipinski definition) is 6. The van der Waals surface area contributed by atoms with Crippen molar-refractivity contribution in [2.75, 3.05) is 16.9 Å². The largest absolute Gasteiger partial charge is 0.352 e. The van der Waals surface area contributed by atoms with E-state index < -0.39 is 10.8 Å². The second kappa shape index (κ2) is 5.90. The van der Waals surface area contributed by atoms with Gasteiger partial charge in [-0.05, 0) is 27.7 Å². The van der Waals surface area contributed by atoms with Crippen LogP contribution < -0.4 is 10.6 Å². The molecule has 0 aliphatic carbocycles. The maximum atomic E-state index is 11.4. The molecule has 1 atom stereocenters. The average Bonchev–Trinajstić information content (AvgIpc) is 2.14. The molecule has 1 unspecified atom stereocenters. The Balaban J connectivity index is 3.04. The molecule has 2 N–H and O–H groups in total. The number of rotatable bonds is 5. The van der Waals surface area contributed by atoms with Crippen molar-refractivity contribution in [3.05, 3.63) is 0 Å². The molecule has 0 aromatic carbocycles. The Kier molecular flexibility index (Phi) is 4.80. The minimum Gasteiger partial charge on any atom is -0.352 e. The predicted molar refractivity (Wildman–Crippen MR) is 69.7 cm³/mol. The van der Waals surface area contributed by atoms with Crippen LogP contribution in [0.3, 0.4) is 0 Å². The maximum absolute atomic E-state index is 11.4. The van der Waals surface area contributed by atoms with E-state index in [9.17, 15) is 4.21 Å². The molecule has 17 heavy (non-hydrogen) atoms. The van der Waals surface area contributed by atoms with Gasteiger partial charge in [0.05, 0.1) is 10.8 Å². The van der Waals surface area contributed by atoms with Crippen LogP contribution >= 0.6 is 0 Å². The van der Waals surface area contributed by atoms with Crippen LogP contribution in [0.15, 0.2) is 5.16 Å². The van der Waals surface area contributed by atoms with Gasteiger partial charge in [-0.25, -0.2) is 0 Å². The third-order valence-electron chi connectivity index (χ3n) is 1.71. The van der Waals surface area contributed by atoms with Crippen LogP contribution in [0.4, 0.5) is 11.9 Å². The van der Waals surface area contributed by atoms with Crippen molar-refractivity contribution < 1.29 is 4.21 Å². The fourth-order valence-electron chi connectivity index (χ4n) is 1.13. The maximum Gasteiger partial charge on any atom is 0.228 e. The number of aromatic nitrogens is 3. The van der Waals surface area contributed by atoms with Crippen LogP contribution in [0.25, 0.3) is 0 Å². The van der Waals surface area contributed by atoms with Gasteiger partial charge in [-0.15, -0.1) is 0 Å². The molecule has 0 bridgehead atoms. The Labute approximate surface area is 104 Å². The summed E-state index contributed by atoms with van der Waals surface area (Å²) in [5.41, 5.74) is 0. The van der Waals surface area contributed by atoms with Gasteiger partial charge < -0.3 is 10.6 Å². The zero-order valence-electron chi connectivity index (χ0n) is 10.8. The Morgan fingerprint density at radius 3 is 1.65 bits per heavy atom. The van der Waals surface area contributed by atoms with E-state index in [0.717, 1.165) is 0 Å². The molecule has 6 nitrogen and oxygen atoms in total. The summed E-state index contributed by atoms with van der Waals surface area (Å²) < 4.78 is 11.4. The van der Waals surface area contributed by atoms with Crippen molar-refractivity contribution in [2.24, 2.45) is 0 Å². The lowest BCUT2D eigenvalue weighted by Crippen LogP contribution is -2.18. The van der Waals surface area contributed by atoms with Crippen molar-refractivity contribution in [2.45, 2.75) is 44.9 Å². The molecular formula is C10H19N5OS. The highest BCUT2D eigenvalue weighted by Crippen LogP contribution is 2.09. The molecule has 0 saturated heterocycles. The van der Waals surface area contributed by atoms with Crippen LogP contribution in [-0.4, -0.2) is 37.5 Å². The third kappa shape index (κ3) is 4.64. The lowest BCUT2D eigenvalue weighted by molar-refractivity contribution is 0.677. The first kappa shape index (κ1) is 13.8. The Bertz CT molecular complexity index is 379. The van der Waals surface area contributed by atoms with Gasteiger partial charge in [0.25, 0.3) is 0 Å². The van der Waals surface area contributed by atoms with Crippen molar-refractivity contribution >= 4 is 22.7 Å². The van der Waals surface area contributed by atoms with E-state index >= 15 is 0 Å². The molecule has 0 fully saturated rings. The fourth-order valence-corrected chi connectivity index (χ4v) is 1.56. The smallest absolute Gasteiger partial charge is 0.228 e. The molecule has 0 spiro atoms. The highest BCUT2D eigenvalue weighted by atomic mass is 32.2. The van der Waals surface area contributed by atoms with E-state index in [1.807, 2.05) is 27.7 Å². The molecule has 96 valence electrons. The molecular weight excluding hydrogens is 238 g/mol. The fraction of sp³-hybridized carbons (Fsp3) is 0.700. The lowest BCUT2D eigenvalue weighted by Gasteiger charge is -2.12. The predicted octanol–water partition coefficient (Wildman–Crippen LogP) is 1.25.